The molecule has 0 aromatic carbocycles. The lowest BCUT2D eigenvalue weighted by Gasteiger charge is -2.11. The molecule has 0 aliphatic rings. The van der Waals surface area contributed by atoms with E-state index in [1.165, 1.54) is 5.82 Å². The molecule has 0 saturated carbocycles. The Hall–Kier alpha value is -0.790. The smallest absolute Gasteiger partial charge is 0.109 e. The van der Waals surface area contributed by atoms with Crippen LogP contribution < -0.4 is 0 Å². The Morgan fingerprint density at radius 2 is 1.86 bits per heavy atom. The molecule has 0 radical (unpaired) electrons. The van der Waals surface area contributed by atoms with Crippen molar-refractivity contribution in [1.29, 1.82) is 0 Å². The molecular weight excluding hydrogens is 172 g/mol. The summed E-state index contributed by atoms with van der Waals surface area (Å²) in [7, 11) is 0. The quantitative estimate of drug-likeness (QED) is 0.720. The number of aryl methyl sites for hydroxylation is 1. The van der Waals surface area contributed by atoms with E-state index >= 15 is 0 Å². The van der Waals surface area contributed by atoms with E-state index in [4.69, 9.17) is 0 Å². The maximum atomic E-state index is 4.57. The van der Waals surface area contributed by atoms with Gasteiger partial charge in [-0.15, -0.1) is 0 Å². The van der Waals surface area contributed by atoms with Crippen LogP contribution >= 0.6 is 0 Å². The van der Waals surface area contributed by atoms with E-state index < -0.39 is 0 Å². The highest BCUT2D eigenvalue weighted by molar-refractivity contribution is 5.02. The lowest BCUT2D eigenvalue weighted by molar-refractivity contribution is 0.490. The van der Waals surface area contributed by atoms with Crippen molar-refractivity contribution in [3.05, 3.63) is 17.7 Å². The molecule has 1 aromatic heterocycles. The highest BCUT2D eigenvalue weighted by Crippen LogP contribution is 2.11. The van der Waals surface area contributed by atoms with E-state index in [0.717, 1.165) is 18.7 Å². The van der Waals surface area contributed by atoms with Gasteiger partial charge in [-0.2, -0.15) is 0 Å². The van der Waals surface area contributed by atoms with E-state index in [1.54, 1.807) is 0 Å². The summed E-state index contributed by atoms with van der Waals surface area (Å²) >= 11 is 0. The molecule has 0 fully saturated rings. The Bertz CT molecular complexity index is 257. The summed E-state index contributed by atoms with van der Waals surface area (Å²) in [6, 6.07) is 0. The second-order valence-corrected chi connectivity index (χ2v) is 4.94. The molecule has 14 heavy (non-hydrogen) atoms. The summed E-state index contributed by atoms with van der Waals surface area (Å²) in [5.41, 5.74) is 1.14. The topological polar surface area (TPSA) is 17.8 Å². The first kappa shape index (κ1) is 11.3. The van der Waals surface area contributed by atoms with E-state index in [2.05, 4.69) is 50.4 Å². The highest BCUT2D eigenvalue weighted by Gasteiger charge is 2.08. The van der Waals surface area contributed by atoms with Crippen molar-refractivity contribution in [2.24, 2.45) is 11.8 Å². The average molecular weight is 194 g/mol. The van der Waals surface area contributed by atoms with Crippen LogP contribution in [0.15, 0.2) is 6.20 Å². The van der Waals surface area contributed by atoms with Crippen molar-refractivity contribution in [1.82, 2.24) is 9.55 Å². The largest absolute Gasteiger partial charge is 0.334 e. The zero-order valence-corrected chi connectivity index (χ0v) is 10.0. The van der Waals surface area contributed by atoms with Crippen LogP contribution in [0.2, 0.25) is 0 Å². The average Bonchev–Trinajstić information content (AvgIpc) is 2.28. The maximum absolute atomic E-state index is 4.57. The predicted molar refractivity (Wildman–Crippen MR) is 60.3 cm³/mol. The predicted octanol–water partition coefficient (Wildman–Crippen LogP) is 3.05. The first-order valence-electron chi connectivity index (χ1n) is 5.51. The van der Waals surface area contributed by atoms with Gasteiger partial charge in [-0.25, -0.2) is 4.98 Å². The van der Waals surface area contributed by atoms with Gasteiger partial charge in [0.05, 0.1) is 5.69 Å². The third-order valence-electron chi connectivity index (χ3n) is 2.13. The minimum absolute atomic E-state index is 0.683. The molecule has 1 rings (SSSR count). The van der Waals surface area contributed by atoms with Gasteiger partial charge >= 0.3 is 0 Å². The Morgan fingerprint density at radius 1 is 1.21 bits per heavy atom. The fourth-order valence-electron chi connectivity index (χ4n) is 1.68. The number of hydrogen-bond donors (Lipinski definition) is 0. The molecule has 0 aliphatic carbocycles. The van der Waals surface area contributed by atoms with Crippen LogP contribution in [-0.4, -0.2) is 9.55 Å². The van der Waals surface area contributed by atoms with E-state index in [0.29, 0.717) is 11.8 Å². The van der Waals surface area contributed by atoms with Crippen LogP contribution in [0.3, 0.4) is 0 Å². The summed E-state index contributed by atoms with van der Waals surface area (Å²) in [6.45, 7) is 12.1. The van der Waals surface area contributed by atoms with Crippen molar-refractivity contribution in [2.45, 2.75) is 47.6 Å². The zero-order valence-electron chi connectivity index (χ0n) is 10.0. The minimum Gasteiger partial charge on any atom is -0.334 e. The maximum Gasteiger partial charge on any atom is 0.109 e. The van der Waals surface area contributed by atoms with Gasteiger partial charge in [0.1, 0.15) is 5.82 Å². The van der Waals surface area contributed by atoms with Gasteiger partial charge in [0, 0.05) is 19.2 Å². The van der Waals surface area contributed by atoms with E-state index in [-0.39, 0.29) is 0 Å². The molecule has 0 spiro atoms. The van der Waals surface area contributed by atoms with E-state index in [1.807, 2.05) is 0 Å². The lowest BCUT2D eigenvalue weighted by atomic mass is 10.1. The van der Waals surface area contributed by atoms with Crippen LogP contribution in [0.4, 0.5) is 0 Å². The van der Waals surface area contributed by atoms with Crippen LogP contribution in [0, 0.1) is 18.8 Å². The Labute approximate surface area is 87.4 Å². The van der Waals surface area contributed by atoms with Crippen molar-refractivity contribution >= 4 is 0 Å². The summed E-state index contributed by atoms with van der Waals surface area (Å²) in [5.74, 6) is 2.61. The summed E-state index contributed by atoms with van der Waals surface area (Å²) in [6.07, 6.45) is 3.25. The van der Waals surface area contributed by atoms with Crippen molar-refractivity contribution < 1.29 is 0 Å². The van der Waals surface area contributed by atoms with Crippen LogP contribution in [0.25, 0.3) is 0 Å². The number of rotatable bonds is 4. The molecule has 0 saturated heterocycles. The van der Waals surface area contributed by atoms with Gasteiger partial charge in [-0.3, -0.25) is 0 Å². The van der Waals surface area contributed by atoms with Gasteiger partial charge in [0.2, 0.25) is 0 Å². The van der Waals surface area contributed by atoms with Gasteiger partial charge in [-0.05, 0) is 18.8 Å². The summed E-state index contributed by atoms with van der Waals surface area (Å²) < 4.78 is 2.31. The first-order valence-corrected chi connectivity index (χ1v) is 5.51. The number of hydrogen-bond acceptors (Lipinski definition) is 1. The molecule has 80 valence electrons. The molecule has 2 nitrogen and oxygen atoms in total. The SMILES string of the molecule is Cc1cn(CC(C)C)c(CC(C)C)n1. The highest BCUT2D eigenvalue weighted by atomic mass is 15.1. The second kappa shape index (κ2) is 4.63. The first-order chi connectivity index (χ1) is 6.49. The molecule has 0 bridgehead atoms. The number of nitrogens with zero attached hydrogens (tertiary/aromatic N) is 2. The number of imidazole rings is 1. The Kier molecular flexibility index (Phi) is 3.73. The van der Waals surface area contributed by atoms with E-state index in [9.17, 15) is 0 Å². The van der Waals surface area contributed by atoms with Gasteiger partial charge in [0.15, 0.2) is 0 Å². The molecule has 0 amide bonds. The molecule has 1 heterocycles. The molecule has 0 aliphatic heterocycles. The summed E-state index contributed by atoms with van der Waals surface area (Å²) in [5, 5.41) is 0. The van der Waals surface area contributed by atoms with Crippen molar-refractivity contribution in [2.75, 3.05) is 0 Å². The Morgan fingerprint density at radius 3 is 2.36 bits per heavy atom. The molecule has 0 N–H and O–H groups in total. The summed E-state index contributed by atoms with van der Waals surface area (Å²) in [4.78, 5) is 4.57. The molecule has 0 unspecified atom stereocenters. The fourth-order valence-corrected chi connectivity index (χ4v) is 1.68. The van der Waals surface area contributed by atoms with Gasteiger partial charge in [-0.1, -0.05) is 27.7 Å². The molecular formula is C12H22N2. The van der Waals surface area contributed by atoms with Gasteiger partial charge < -0.3 is 4.57 Å². The van der Waals surface area contributed by atoms with Crippen molar-refractivity contribution in [3.63, 3.8) is 0 Å². The fraction of sp³-hybridized carbons (Fsp3) is 0.750. The molecule has 0 atom stereocenters. The van der Waals surface area contributed by atoms with Crippen molar-refractivity contribution in [3.8, 4) is 0 Å². The van der Waals surface area contributed by atoms with Crippen LogP contribution in [0.1, 0.15) is 39.2 Å². The monoisotopic (exact) mass is 194 g/mol. The zero-order chi connectivity index (χ0) is 10.7. The third kappa shape index (κ3) is 3.17. The minimum atomic E-state index is 0.683. The second-order valence-electron chi connectivity index (χ2n) is 4.94. The number of aromatic nitrogens is 2. The lowest BCUT2D eigenvalue weighted by Crippen LogP contribution is -2.09. The third-order valence-corrected chi connectivity index (χ3v) is 2.13. The molecule has 1 aromatic rings. The van der Waals surface area contributed by atoms with Crippen LogP contribution in [-0.2, 0) is 13.0 Å². The van der Waals surface area contributed by atoms with Gasteiger partial charge in [0.25, 0.3) is 0 Å². The Balaban J connectivity index is 2.80. The normalized spacial score (nSPS) is 11.6. The molecule has 2 heteroatoms. The van der Waals surface area contributed by atoms with Crippen LogP contribution in [0.5, 0.6) is 0 Å². The standard InChI is InChI=1S/C12H22N2/c1-9(2)6-12-13-11(5)8-14(12)7-10(3)4/h8-10H,6-7H2,1-5H3.